The SMILES string of the molecule is O=C(Nc1cccc(I)c1)c1nn[nH]n1. The monoisotopic (exact) mass is 315 g/mol. The molecule has 6 nitrogen and oxygen atoms in total. The van der Waals surface area contributed by atoms with Crippen LogP contribution in [0.1, 0.15) is 10.6 Å². The van der Waals surface area contributed by atoms with Crippen LogP contribution in [0.15, 0.2) is 24.3 Å². The van der Waals surface area contributed by atoms with Gasteiger partial charge in [0.1, 0.15) is 0 Å². The molecule has 0 atom stereocenters. The Bertz CT molecular complexity index is 470. The van der Waals surface area contributed by atoms with E-state index >= 15 is 0 Å². The quantitative estimate of drug-likeness (QED) is 0.812. The number of nitrogens with zero attached hydrogens (tertiary/aromatic N) is 3. The molecule has 2 rings (SSSR count). The number of aromatic nitrogens is 4. The van der Waals surface area contributed by atoms with Crippen LogP contribution in [0.4, 0.5) is 5.69 Å². The van der Waals surface area contributed by atoms with E-state index in [1.165, 1.54) is 0 Å². The number of aromatic amines is 1. The molecule has 0 saturated heterocycles. The summed E-state index contributed by atoms with van der Waals surface area (Å²) in [6, 6.07) is 7.43. The summed E-state index contributed by atoms with van der Waals surface area (Å²) >= 11 is 2.16. The summed E-state index contributed by atoms with van der Waals surface area (Å²) < 4.78 is 1.04. The van der Waals surface area contributed by atoms with E-state index in [0.717, 1.165) is 3.57 Å². The number of hydrogen-bond acceptors (Lipinski definition) is 4. The third-order valence-electron chi connectivity index (χ3n) is 1.63. The van der Waals surface area contributed by atoms with Crippen LogP contribution >= 0.6 is 22.6 Å². The Hall–Kier alpha value is -1.51. The van der Waals surface area contributed by atoms with E-state index in [2.05, 4.69) is 48.5 Å². The highest BCUT2D eigenvalue weighted by atomic mass is 127. The number of nitrogens with one attached hydrogen (secondary N) is 2. The van der Waals surface area contributed by atoms with Crippen molar-refractivity contribution in [2.75, 3.05) is 5.32 Å². The van der Waals surface area contributed by atoms with Crippen LogP contribution in [0.3, 0.4) is 0 Å². The van der Waals surface area contributed by atoms with Gasteiger partial charge in [0.2, 0.25) is 0 Å². The minimum Gasteiger partial charge on any atom is -0.319 e. The summed E-state index contributed by atoms with van der Waals surface area (Å²) in [6.45, 7) is 0. The van der Waals surface area contributed by atoms with Crippen molar-refractivity contribution < 1.29 is 4.79 Å². The van der Waals surface area contributed by atoms with Crippen LogP contribution in [-0.4, -0.2) is 26.5 Å². The number of carbonyl (C=O) groups is 1. The van der Waals surface area contributed by atoms with E-state index in [-0.39, 0.29) is 11.7 Å². The average Bonchev–Trinajstić information content (AvgIpc) is 2.70. The zero-order valence-corrected chi connectivity index (χ0v) is 9.59. The van der Waals surface area contributed by atoms with E-state index < -0.39 is 0 Å². The molecule has 15 heavy (non-hydrogen) atoms. The fourth-order valence-electron chi connectivity index (χ4n) is 1.01. The first-order chi connectivity index (χ1) is 7.25. The minimum atomic E-state index is -0.384. The number of carbonyl (C=O) groups excluding carboxylic acids is 1. The highest BCUT2D eigenvalue weighted by Gasteiger charge is 2.10. The summed E-state index contributed by atoms with van der Waals surface area (Å²) in [5.41, 5.74) is 0.705. The van der Waals surface area contributed by atoms with Gasteiger partial charge in [0, 0.05) is 9.26 Å². The molecule has 0 aliphatic carbocycles. The summed E-state index contributed by atoms with van der Waals surface area (Å²) in [6.07, 6.45) is 0. The van der Waals surface area contributed by atoms with Crippen molar-refractivity contribution >= 4 is 34.2 Å². The zero-order valence-electron chi connectivity index (χ0n) is 7.44. The van der Waals surface area contributed by atoms with Crippen molar-refractivity contribution in [2.24, 2.45) is 0 Å². The largest absolute Gasteiger partial charge is 0.319 e. The average molecular weight is 315 g/mol. The van der Waals surface area contributed by atoms with Crippen molar-refractivity contribution in [1.82, 2.24) is 20.6 Å². The van der Waals surface area contributed by atoms with Crippen molar-refractivity contribution in [3.05, 3.63) is 33.7 Å². The van der Waals surface area contributed by atoms with Crippen LogP contribution < -0.4 is 5.32 Å². The second-order valence-electron chi connectivity index (χ2n) is 2.70. The van der Waals surface area contributed by atoms with E-state index in [1.54, 1.807) is 6.07 Å². The maximum atomic E-state index is 11.5. The van der Waals surface area contributed by atoms with Gasteiger partial charge >= 0.3 is 0 Å². The Morgan fingerprint density at radius 2 is 2.33 bits per heavy atom. The van der Waals surface area contributed by atoms with Gasteiger partial charge in [-0.2, -0.15) is 5.21 Å². The number of benzene rings is 1. The Kier molecular flexibility index (Phi) is 2.90. The number of anilines is 1. The predicted molar refractivity (Wildman–Crippen MR) is 61.3 cm³/mol. The van der Waals surface area contributed by atoms with Gasteiger partial charge in [0.15, 0.2) is 0 Å². The molecule has 0 fully saturated rings. The molecule has 2 aromatic rings. The first-order valence-electron chi connectivity index (χ1n) is 4.06. The Labute approximate surface area is 98.6 Å². The van der Waals surface area contributed by atoms with Crippen molar-refractivity contribution in [1.29, 1.82) is 0 Å². The third kappa shape index (κ3) is 2.49. The number of H-pyrrole nitrogens is 1. The fraction of sp³-hybridized carbons (Fsp3) is 0. The molecule has 0 radical (unpaired) electrons. The molecule has 0 spiro atoms. The van der Waals surface area contributed by atoms with Gasteiger partial charge in [0.25, 0.3) is 11.7 Å². The lowest BCUT2D eigenvalue weighted by Crippen LogP contribution is -2.13. The van der Waals surface area contributed by atoms with Crippen LogP contribution in [0.2, 0.25) is 0 Å². The lowest BCUT2D eigenvalue weighted by molar-refractivity contribution is 0.101. The molecule has 0 aliphatic rings. The van der Waals surface area contributed by atoms with Gasteiger partial charge in [-0.25, -0.2) is 0 Å². The normalized spacial score (nSPS) is 9.93. The maximum Gasteiger partial charge on any atom is 0.297 e. The number of halogens is 1. The molecule has 7 heteroatoms. The van der Waals surface area contributed by atoms with Crippen molar-refractivity contribution in [2.45, 2.75) is 0 Å². The van der Waals surface area contributed by atoms with E-state index in [0.29, 0.717) is 5.69 Å². The maximum absolute atomic E-state index is 11.5. The van der Waals surface area contributed by atoms with Crippen LogP contribution in [0, 0.1) is 3.57 Å². The standard InChI is InChI=1S/C8H6IN5O/c9-5-2-1-3-6(4-5)10-8(15)7-11-13-14-12-7/h1-4H,(H,10,15)(H,11,12,13,14). The summed E-state index contributed by atoms with van der Waals surface area (Å²) in [5.74, 6) is -0.361. The second-order valence-corrected chi connectivity index (χ2v) is 3.95. The predicted octanol–water partition coefficient (Wildman–Crippen LogP) is 1.06. The lowest BCUT2D eigenvalue weighted by Gasteiger charge is -2.01. The summed E-state index contributed by atoms with van der Waals surface area (Å²) in [7, 11) is 0. The second kappa shape index (κ2) is 4.34. The van der Waals surface area contributed by atoms with E-state index in [1.807, 2.05) is 18.2 Å². The highest BCUT2D eigenvalue weighted by molar-refractivity contribution is 14.1. The third-order valence-corrected chi connectivity index (χ3v) is 2.30. The van der Waals surface area contributed by atoms with E-state index in [9.17, 15) is 4.79 Å². The molecule has 1 amide bonds. The smallest absolute Gasteiger partial charge is 0.297 e. The number of rotatable bonds is 2. The van der Waals surface area contributed by atoms with Crippen LogP contribution in [0.5, 0.6) is 0 Å². The fourth-order valence-corrected chi connectivity index (χ4v) is 1.55. The van der Waals surface area contributed by atoms with Crippen LogP contribution in [0.25, 0.3) is 0 Å². The molecule has 0 bridgehead atoms. The first-order valence-corrected chi connectivity index (χ1v) is 5.14. The summed E-state index contributed by atoms with van der Waals surface area (Å²) in [4.78, 5) is 11.5. The summed E-state index contributed by atoms with van der Waals surface area (Å²) in [5, 5.41) is 15.3. The number of hydrogen-bond donors (Lipinski definition) is 2. The first kappa shape index (κ1) is 10.0. The Morgan fingerprint density at radius 3 is 3.00 bits per heavy atom. The molecule has 1 aromatic carbocycles. The number of tetrazole rings is 1. The Balaban J connectivity index is 2.13. The molecular formula is C8H6IN5O. The van der Waals surface area contributed by atoms with Crippen molar-refractivity contribution in [3.63, 3.8) is 0 Å². The van der Waals surface area contributed by atoms with Gasteiger partial charge in [0.05, 0.1) is 0 Å². The van der Waals surface area contributed by atoms with Gasteiger partial charge in [-0.15, -0.1) is 10.2 Å². The van der Waals surface area contributed by atoms with Gasteiger partial charge in [-0.3, -0.25) is 4.79 Å². The van der Waals surface area contributed by atoms with E-state index in [4.69, 9.17) is 0 Å². The molecule has 2 N–H and O–H groups in total. The minimum absolute atomic E-state index is 0.0221. The van der Waals surface area contributed by atoms with Gasteiger partial charge < -0.3 is 5.32 Å². The molecule has 1 heterocycles. The molecule has 0 saturated carbocycles. The lowest BCUT2D eigenvalue weighted by atomic mass is 10.3. The molecule has 0 aliphatic heterocycles. The Morgan fingerprint density at radius 1 is 1.47 bits per heavy atom. The molecule has 0 unspecified atom stereocenters. The highest BCUT2D eigenvalue weighted by Crippen LogP contribution is 2.12. The van der Waals surface area contributed by atoms with Gasteiger partial charge in [-0.1, -0.05) is 6.07 Å². The van der Waals surface area contributed by atoms with Crippen LogP contribution in [-0.2, 0) is 0 Å². The molecule has 76 valence electrons. The topological polar surface area (TPSA) is 83.6 Å². The number of amides is 1. The molecule has 1 aromatic heterocycles. The zero-order chi connectivity index (χ0) is 10.7. The molecular weight excluding hydrogens is 309 g/mol. The van der Waals surface area contributed by atoms with Crippen molar-refractivity contribution in [3.8, 4) is 0 Å². The van der Waals surface area contributed by atoms with Gasteiger partial charge in [-0.05, 0) is 46.0 Å².